The second kappa shape index (κ2) is 12.3. The van der Waals surface area contributed by atoms with Crippen LogP contribution in [0.2, 0.25) is 0 Å². The summed E-state index contributed by atoms with van der Waals surface area (Å²) in [7, 11) is 3.73. The molecular weight excluding hydrogens is 490 g/mol. The quantitative estimate of drug-likeness (QED) is 0.316. The van der Waals surface area contributed by atoms with E-state index < -0.39 is 11.7 Å². The van der Waals surface area contributed by atoms with E-state index in [0.29, 0.717) is 40.7 Å². The van der Waals surface area contributed by atoms with Gasteiger partial charge in [0.25, 0.3) is 5.91 Å². The summed E-state index contributed by atoms with van der Waals surface area (Å²) in [5, 5.41) is 16.8. The van der Waals surface area contributed by atoms with Crippen molar-refractivity contribution in [1.29, 1.82) is 0 Å². The minimum Gasteiger partial charge on any atom is -0.444 e. The Labute approximate surface area is 203 Å². The molecule has 0 aromatic carbocycles. The van der Waals surface area contributed by atoms with Crippen molar-refractivity contribution in [2.45, 2.75) is 45.6 Å². The maximum absolute atomic E-state index is 12.8. The summed E-state index contributed by atoms with van der Waals surface area (Å²) in [6, 6.07) is 6.88. The number of carbonyl (C=O) groups is 2. The second-order valence-electron chi connectivity index (χ2n) is 8.57. The van der Waals surface area contributed by atoms with Gasteiger partial charge in [-0.3, -0.25) is 4.79 Å². The molecule has 11 heteroatoms. The van der Waals surface area contributed by atoms with Gasteiger partial charge in [0.05, 0.1) is 5.56 Å². The lowest BCUT2D eigenvalue weighted by atomic mass is 10.2. The number of hydrogen-bond acceptors (Lipinski definition) is 8. The Morgan fingerprint density at radius 3 is 2.39 bits per heavy atom. The summed E-state index contributed by atoms with van der Waals surface area (Å²) in [4.78, 5) is 30.6. The molecule has 0 spiro atoms. The molecule has 0 atom stereocenters. The van der Waals surface area contributed by atoms with Gasteiger partial charge < -0.3 is 25.6 Å². The highest BCUT2D eigenvalue weighted by molar-refractivity contribution is 9.10. The van der Waals surface area contributed by atoms with Gasteiger partial charge in [0.1, 0.15) is 16.0 Å². The molecule has 0 aliphatic carbocycles. The lowest BCUT2D eigenvalue weighted by Gasteiger charge is -2.19. The van der Waals surface area contributed by atoms with E-state index in [1.807, 2.05) is 39.8 Å². The Balaban J connectivity index is 1.82. The van der Waals surface area contributed by atoms with Crippen molar-refractivity contribution in [1.82, 2.24) is 20.5 Å². The standard InChI is InChI=1S/C22H32BrN7O3/c1-22(2,3)33-21(32)25-14-8-6-7-13-24-19-15(9-10-16(23)26-19)20(31)27-17-11-12-18(29-28-17)30(4)5/h9-12H,6-8,13-14H2,1-5H3,(H,24,26)(H,25,32)(H,27,28,31). The highest BCUT2D eigenvalue weighted by atomic mass is 79.9. The van der Waals surface area contributed by atoms with E-state index in [1.165, 1.54) is 0 Å². The Morgan fingerprint density at radius 1 is 1.03 bits per heavy atom. The van der Waals surface area contributed by atoms with Crippen LogP contribution in [0.4, 0.5) is 22.2 Å². The Hall–Kier alpha value is -2.95. The average Bonchev–Trinajstić information content (AvgIpc) is 2.72. The molecule has 0 aliphatic rings. The van der Waals surface area contributed by atoms with E-state index in [1.54, 1.807) is 24.3 Å². The summed E-state index contributed by atoms with van der Waals surface area (Å²) < 4.78 is 5.83. The predicted molar refractivity (Wildman–Crippen MR) is 133 cm³/mol. The molecule has 0 bridgehead atoms. The summed E-state index contributed by atoms with van der Waals surface area (Å²) in [6.07, 6.45) is 2.16. The van der Waals surface area contributed by atoms with Crippen molar-refractivity contribution in [2.75, 3.05) is 42.7 Å². The zero-order valence-electron chi connectivity index (χ0n) is 19.7. The second-order valence-corrected chi connectivity index (χ2v) is 9.38. The molecule has 0 saturated heterocycles. The number of alkyl carbamates (subject to hydrolysis) is 1. The van der Waals surface area contributed by atoms with Gasteiger partial charge in [0, 0.05) is 27.2 Å². The van der Waals surface area contributed by atoms with Gasteiger partial charge in [-0.05, 0) is 80.2 Å². The van der Waals surface area contributed by atoms with Gasteiger partial charge in [-0.15, -0.1) is 10.2 Å². The van der Waals surface area contributed by atoms with Crippen LogP contribution in [0, 0.1) is 0 Å². The SMILES string of the molecule is CN(C)c1ccc(NC(=O)c2ccc(Br)nc2NCCCCCNC(=O)OC(C)(C)C)nn1. The Kier molecular flexibility index (Phi) is 9.83. The molecule has 0 saturated carbocycles. The Morgan fingerprint density at radius 2 is 1.76 bits per heavy atom. The molecule has 2 aromatic heterocycles. The van der Waals surface area contributed by atoms with Crippen LogP contribution in [0.3, 0.4) is 0 Å². The Bertz CT molecular complexity index is 931. The first-order valence-electron chi connectivity index (χ1n) is 10.7. The highest BCUT2D eigenvalue weighted by Crippen LogP contribution is 2.19. The third kappa shape index (κ3) is 9.60. The fraction of sp³-hybridized carbons (Fsp3) is 0.500. The summed E-state index contributed by atoms with van der Waals surface area (Å²) >= 11 is 3.35. The number of carbonyl (C=O) groups excluding carboxylic acids is 2. The lowest BCUT2D eigenvalue weighted by molar-refractivity contribution is 0.0527. The van der Waals surface area contributed by atoms with Crippen molar-refractivity contribution in [3.05, 3.63) is 34.4 Å². The molecule has 0 fully saturated rings. The van der Waals surface area contributed by atoms with Crippen molar-refractivity contribution < 1.29 is 14.3 Å². The first-order chi connectivity index (χ1) is 15.5. The fourth-order valence-electron chi connectivity index (χ4n) is 2.71. The van der Waals surface area contributed by atoms with Gasteiger partial charge in [-0.2, -0.15) is 0 Å². The zero-order valence-corrected chi connectivity index (χ0v) is 21.3. The minimum atomic E-state index is -0.503. The number of pyridine rings is 1. The van der Waals surface area contributed by atoms with Crippen molar-refractivity contribution in [3.63, 3.8) is 0 Å². The fourth-order valence-corrected chi connectivity index (χ4v) is 3.02. The molecule has 0 unspecified atom stereocenters. The number of nitrogens with one attached hydrogen (secondary N) is 3. The lowest BCUT2D eigenvalue weighted by Crippen LogP contribution is -2.33. The third-order valence-corrected chi connectivity index (χ3v) is 4.71. The molecule has 3 N–H and O–H groups in total. The summed E-state index contributed by atoms with van der Waals surface area (Å²) in [5.74, 6) is 1.21. The summed E-state index contributed by atoms with van der Waals surface area (Å²) in [5.41, 5.74) is -0.0970. The number of anilines is 3. The average molecular weight is 522 g/mol. The highest BCUT2D eigenvalue weighted by Gasteiger charge is 2.16. The first kappa shape index (κ1) is 26.3. The molecule has 33 heavy (non-hydrogen) atoms. The number of unbranched alkanes of at least 4 members (excludes halogenated alkanes) is 2. The smallest absolute Gasteiger partial charge is 0.407 e. The predicted octanol–water partition coefficient (Wildman–Crippen LogP) is 4.06. The number of ether oxygens (including phenoxy) is 1. The van der Waals surface area contributed by atoms with Crippen LogP contribution in [0.1, 0.15) is 50.4 Å². The van der Waals surface area contributed by atoms with Gasteiger partial charge in [-0.25, -0.2) is 9.78 Å². The van der Waals surface area contributed by atoms with Crippen LogP contribution in [0.15, 0.2) is 28.9 Å². The molecule has 0 aliphatic heterocycles. The topological polar surface area (TPSA) is 121 Å². The monoisotopic (exact) mass is 521 g/mol. The molecule has 2 amide bonds. The van der Waals surface area contributed by atoms with Crippen LogP contribution in [-0.2, 0) is 4.74 Å². The van der Waals surface area contributed by atoms with Gasteiger partial charge in [0.15, 0.2) is 11.6 Å². The van der Waals surface area contributed by atoms with Gasteiger partial charge in [-0.1, -0.05) is 0 Å². The largest absolute Gasteiger partial charge is 0.444 e. The third-order valence-electron chi connectivity index (χ3n) is 4.27. The van der Waals surface area contributed by atoms with E-state index in [-0.39, 0.29) is 5.91 Å². The first-order valence-corrected chi connectivity index (χ1v) is 11.5. The van der Waals surface area contributed by atoms with Gasteiger partial charge >= 0.3 is 6.09 Å². The number of halogens is 1. The number of rotatable bonds is 10. The summed E-state index contributed by atoms with van der Waals surface area (Å²) in [6.45, 7) is 6.67. The van der Waals surface area contributed by atoms with E-state index in [0.717, 1.165) is 19.3 Å². The number of aromatic nitrogens is 3. The van der Waals surface area contributed by atoms with Gasteiger partial charge in [0.2, 0.25) is 0 Å². The van der Waals surface area contributed by atoms with E-state index >= 15 is 0 Å². The van der Waals surface area contributed by atoms with Crippen LogP contribution in [0.25, 0.3) is 0 Å². The van der Waals surface area contributed by atoms with Crippen LogP contribution in [0.5, 0.6) is 0 Å². The normalized spacial score (nSPS) is 11.0. The van der Waals surface area contributed by atoms with Crippen molar-refractivity contribution >= 4 is 45.4 Å². The number of amides is 2. The molecular formula is C22H32BrN7O3. The molecule has 10 nitrogen and oxygen atoms in total. The van der Waals surface area contributed by atoms with E-state index in [4.69, 9.17) is 4.74 Å². The number of nitrogens with zero attached hydrogens (tertiary/aromatic N) is 4. The van der Waals surface area contributed by atoms with Crippen LogP contribution in [-0.4, -0.2) is 60.0 Å². The molecule has 0 radical (unpaired) electrons. The zero-order chi connectivity index (χ0) is 24.4. The van der Waals surface area contributed by atoms with Crippen LogP contribution >= 0.6 is 15.9 Å². The minimum absolute atomic E-state index is 0.328. The molecule has 2 aromatic rings. The molecule has 2 rings (SSSR count). The van der Waals surface area contributed by atoms with Crippen molar-refractivity contribution in [2.24, 2.45) is 0 Å². The molecule has 2 heterocycles. The maximum atomic E-state index is 12.8. The van der Waals surface area contributed by atoms with E-state index in [9.17, 15) is 9.59 Å². The van der Waals surface area contributed by atoms with E-state index in [2.05, 4.69) is 47.1 Å². The van der Waals surface area contributed by atoms with Crippen molar-refractivity contribution in [3.8, 4) is 0 Å². The van der Waals surface area contributed by atoms with Crippen LogP contribution < -0.4 is 20.9 Å². The number of hydrogen-bond donors (Lipinski definition) is 3. The molecule has 180 valence electrons. The maximum Gasteiger partial charge on any atom is 0.407 e.